The van der Waals surface area contributed by atoms with Gasteiger partial charge in [-0.15, -0.1) is 0 Å². The molecule has 25 heavy (non-hydrogen) atoms. The second kappa shape index (κ2) is 9.66. The maximum absolute atomic E-state index is 12.0. The molecule has 1 amide bonds. The number of aromatic nitrogens is 2. The van der Waals surface area contributed by atoms with Crippen LogP contribution >= 0.6 is 11.8 Å². The number of carbonyl (C=O) groups excluding carboxylic acids is 1. The fourth-order valence-corrected chi connectivity index (χ4v) is 3.69. The van der Waals surface area contributed by atoms with Crippen LogP contribution in [0.1, 0.15) is 42.8 Å². The molecule has 0 atom stereocenters. The van der Waals surface area contributed by atoms with Crippen LogP contribution in [0, 0.1) is 19.8 Å². The molecule has 0 unspecified atom stereocenters. The third kappa shape index (κ3) is 6.24. The topological polar surface area (TPSA) is 46.9 Å². The van der Waals surface area contributed by atoms with Gasteiger partial charge in [-0.05, 0) is 37.5 Å². The van der Waals surface area contributed by atoms with Gasteiger partial charge in [-0.25, -0.2) is 0 Å². The molecule has 2 rings (SSSR count). The monoisotopic (exact) mass is 359 g/mol. The number of amides is 1. The van der Waals surface area contributed by atoms with Crippen LogP contribution in [0.4, 0.5) is 0 Å². The number of hydrogen-bond acceptors (Lipinski definition) is 3. The molecular weight excluding hydrogens is 330 g/mol. The third-order valence-corrected chi connectivity index (χ3v) is 5.23. The molecule has 0 radical (unpaired) electrons. The Labute approximate surface area is 155 Å². The SMILES string of the molecule is Cc1nn(Cc2ccccc2)c(C)c1CNC(=O)CSCCC(C)C. The Kier molecular flexibility index (Phi) is 7.56. The van der Waals surface area contributed by atoms with E-state index >= 15 is 0 Å². The number of aryl methyl sites for hydroxylation is 1. The van der Waals surface area contributed by atoms with Crippen LogP contribution in [0.25, 0.3) is 0 Å². The first kappa shape index (κ1) is 19.6. The van der Waals surface area contributed by atoms with Crippen molar-refractivity contribution in [1.82, 2.24) is 15.1 Å². The number of rotatable bonds is 9. The molecule has 0 aliphatic heterocycles. The van der Waals surface area contributed by atoms with Gasteiger partial charge in [0.2, 0.25) is 5.91 Å². The average Bonchev–Trinajstić information content (AvgIpc) is 2.84. The van der Waals surface area contributed by atoms with Gasteiger partial charge in [0.15, 0.2) is 0 Å². The molecule has 1 heterocycles. The molecule has 1 N–H and O–H groups in total. The summed E-state index contributed by atoms with van der Waals surface area (Å²) in [6.07, 6.45) is 1.16. The maximum Gasteiger partial charge on any atom is 0.230 e. The van der Waals surface area contributed by atoms with E-state index in [1.165, 1.54) is 5.56 Å². The molecule has 0 saturated heterocycles. The molecule has 4 nitrogen and oxygen atoms in total. The van der Waals surface area contributed by atoms with Crippen molar-refractivity contribution in [2.45, 2.75) is 47.2 Å². The molecular formula is C20H29N3OS. The smallest absolute Gasteiger partial charge is 0.230 e. The van der Waals surface area contributed by atoms with Crippen molar-refractivity contribution in [3.05, 3.63) is 52.8 Å². The molecule has 136 valence electrons. The van der Waals surface area contributed by atoms with Gasteiger partial charge in [0.25, 0.3) is 0 Å². The molecule has 5 heteroatoms. The van der Waals surface area contributed by atoms with Gasteiger partial charge >= 0.3 is 0 Å². The van der Waals surface area contributed by atoms with Crippen molar-refractivity contribution in [3.63, 3.8) is 0 Å². The molecule has 0 spiro atoms. The fourth-order valence-electron chi connectivity index (χ4n) is 2.62. The van der Waals surface area contributed by atoms with Gasteiger partial charge in [-0.1, -0.05) is 44.2 Å². The second-order valence-electron chi connectivity index (χ2n) is 6.80. The number of nitrogens with one attached hydrogen (secondary N) is 1. The van der Waals surface area contributed by atoms with Crippen LogP contribution in [0.5, 0.6) is 0 Å². The number of hydrogen-bond donors (Lipinski definition) is 1. The Hall–Kier alpha value is -1.75. The van der Waals surface area contributed by atoms with Gasteiger partial charge in [-0.2, -0.15) is 16.9 Å². The minimum atomic E-state index is 0.100. The zero-order valence-electron chi connectivity index (χ0n) is 15.7. The van der Waals surface area contributed by atoms with Crippen LogP contribution in [-0.4, -0.2) is 27.2 Å². The predicted molar refractivity (Wildman–Crippen MR) is 106 cm³/mol. The van der Waals surface area contributed by atoms with Gasteiger partial charge in [0, 0.05) is 17.8 Å². The lowest BCUT2D eigenvalue weighted by Crippen LogP contribution is -2.25. The van der Waals surface area contributed by atoms with E-state index in [1.807, 2.05) is 29.8 Å². The highest BCUT2D eigenvalue weighted by Crippen LogP contribution is 2.15. The maximum atomic E-state index is 12.0. The highest BCUT2D eigenvalue weighted by molar-refractivity contribution is 7.99. The molecule has 0 fully saturated rings. The molecule has 0 aliphatic rings. The Morgan fingerprint density at radius 1 is 1.24 bits per heavy atom. The van der Waals surface area contributed by atoms with Crippen molar-refractivity contribution < 1.29 is 4.79 Å². The molecule has 1 aromatic heterocycles. The number of carbonyl (C=O) groups is 1. The fraction of sp³-hybridized carbons (Fsp3) is 0.500. The Morgan fingerprint density at radius 2 is 1.96 bits per heavy atom. The summed E-state index contributed by atoms with van der Waals surface area (Å²) in [6.45, 7) is 9.80. The largest absolute Gasteiger partial charge is 0.351 e. The lowest BCUT2D eigenvalue weighted by molar-refractivity contribution is -0.118. The first-order valence-electron chi connectivity index (χ1n) is 8.88. The van der Waals surface area contributed by atoms with Crippen molar-refractivity contribution in [3.8, 4) is 0 Å². The standard InChI is InChI=1S/C20H29N3OS/c1-15(2)10-11-25-14-20(24)21-12-19-16(3)22-23(17(19)4)13-18-8-6-5-7-9-18/h5-9,15H,10-14H2,1-4H3,(H,21,24). The second-order valence-corrected chi connectivity index (χ2v) is 7.91. The van der Waals surface area contributed by atoms with Crippen LogP contribution in [0.3, 0.4) is 0 Å². The van der Waals surface area contributed by atoms with E-state index < -0.39 is 0 Å². The minimum absolute atomic E-state index is 0.100. The summed E-state index contributed by atoms with van der Waals surface area (Å²) in [7, 11) is 0. The Morgan fingerprint density at radius 3 is 2.64 bits per heavy atom. The van der Waals surface area contributed by atoms with Gasteiger partial charge in [0.1, 0.15) is 0 Å². The first-order valence-corrected chi connectivity index (χ1v) is 10.0. The highest BCUT2D eigenvalue weighted by atomic mass is 32.2. The molecule has 0 aliphatic carbocycles. The Balaban J connectivity index is 1.87. The van der Waals surface area contributed by atoms with Crippen LogP contribution < -0.4 is 5.32 Å². The van der Waals surface area contributed by atoms with Crippen molar-refractivity contribution in [2.24, 2.45) is 5.92 Å². The molecule has 2 aromatic rings. The summed E-state index contributed by atoms with van der Waals surface area (Å²) >= 11 is 1.71. The van der Waals surface area contributed by atoms with E-state index in [0.717, 1.165) is 35.7 Å². The number of thioether (sulfide) groups is 1. The lowest BCUT2D eigenvalue weighted by Gasteiger charge is -2.08. The number of nitrogens with zero attached hydrogens (tertiary/aromatic N) is 2. The van der Waals surface area contributed by atoms with Crippen LogP contribution in [0.2, 0.25) is 0 Å². The molecule has 0 bridgehead atoms. The normalized spacial score (nSPS) is 11.1. The minimum Gasteiger partial charge on any atom is -0.351 e. The zero-order valence-corrected chi connectivity index (χ0v) is 16.5. The van der Waals surface area contributed by atoms with E-state index in [2.05, 4.69) is 43.3 Å². The van der Waals surface area contributed by atoms with Crippen molar-refractivity contribution in [1.29, 1.82) is 0 Å². The van der Waals surface area contributed by atoms with Gasteiger partial charge in [-0.3, -0.25) is 9.48 Å². The number of benzene rings is 1. The first-order chi connectivity index (χ1) is 12.0. The van der Waals surface area contributed by atoms with Gasteiger partial charge < -0.3 is 5.32 Å². The summed E-state index contributed by atoms with van der Waals surface area (Å²) in [5, 5.41) is 7.67. The zero-order chi connectivity index (χ0) is 18.2. The van der Waals surface area contributed by atoms with E-state index in [0.29, 0.717) is 18.2 Å². The summed E-state index contributed by atoms with van der Waals surface area (Å²) in [5.41, 5.74) is 4.46. The lowest BCUT2D eigenvalue weighted by atomic mass is 10.2. The van der Waals surface area contributed by atoms with Gasteiger partial charge in [0.05, 0.1) is 18.0 Å². The Bertz CT molecular complexity index is 680. The predicted octanol–water partition coefficient (Wildman–Crippen LogP) is 3.94. The third-order valence-electron chi connectivity index (χ3n) is 4.24. The summed E-state index contributed by atoms with van der Waals surface area (Å²) < 4.78 is 2.02. The summed E-state index contributed by atoms with van der Waals surface area (Å²) in [4.78, 5) is 12.0. The van der Waals surface area contributed by atoms with E-state index in [4.69, 9.17) is 0 Å². The van der Waals surface area contributed by atoms with Crippen LogP contribution in [0.15, 0.2) is 30.3 Å². The van der Waals surface area contributed by atoms with Crippen LogP contribution in [-0.2, 0) is 17.9 Å². The van der Waals surface area contributed by atoms with Crippen molar-refractivity contribution in [2.75, 3.05) is 11.5 Å². The van der Waals surface area contributed by atoms with Crippen molar-refractivity contribution >= 4 is 17.7 Å². The molecule has 1 aromatic carbocycles. The van der Waals surface area contributed by atoms with E-state index in [9.17, 15) is 4.79 Å². The summed E-state index contributed by atoms with van der Waals surface area (Å²) in [6, 6.07) is 10.3. The van der Waals surface area contributed by atoms with E-state index in [1.54, 1.807) is 11.8 Å². The quantitative estimate of drug-likeness (QED) is 0.690. The van der Waals surface area contributed by atoms with E-state index in [-0.39, 0.29) is 5.91 Å². The average molecular weight is 360 g/mol. The highest BCUT2D eigenvalue weighted by Gasteiger charge is 2.13. The summed E-state index contributed by atoms with van der Waals surface area (Å²) in [5.74, 6) is 2.36. The molecule has 0 saturated carbocycles.